The van der Waals surface area contributed by atoms with Gasteiger partial charge in [-0.05, 0) is 42.7 Å². The van der Waals surface area contributed by atoms with E-state index >= 15 is 0 Å². The second kappa shape index (κ2) is 8.33. The highest BCUT2D eigenvalue weighted by atomic mass is 16.5. The molecule has 5 nitrogen and oxygen atoms in total. The number of benzene rings is 2. The van der Waals surface area contributed by atoms with Crippen molar-refractivity contribution in [2.45, 2.75) is 20.4 Å². The number of amides is 2. The third-order valence-corrected chi connectivity index (χ3v) is 3.83. The molecule has 0 heterocycles. The number of para-hydroxylation sites is 1. The Morgan fingerprint density at radius 1 is 1.04 bits per heavy atom. The zero-order valence-corrected chi connectivity index (χ0v) is 15.1. The van der Waals surface area contributed by atoms with Crippen LogP contribution in [0, 0.1) is 13.8 Å². The van der Waals surface area contributed by atoms with Crippen molar-refractivity contribution in [3.05, 3.63) is 64.7 Å². The van der Waals surface area contributed by atoms with E-state index in [-0.39, 0.29) is 18.4 Å². The highest BCUT2D eigenvalue weighted by Crippen LogP contribution is 2.22. The zero-order valence-electron chi connectivity index (χ0n) is 15.1. The monoisotopic (exact) mass is 340 g/mol. The van der Waals surface area contributed by atoms with Gasteiger partial charge >= 0.3 is 0 Å². The minimum absolute atomic E-state index is 0.0397. The molecule has 0 atom stereocenters. The molecule has 0 saturated heterocycles. The van der Waals surface area contributed by atoms with Gasteiger partial charge in [-0.3, -0.25) is 9.59 Å². The number of carbonyl (C=O) groups is 2. The van der Waals surface area contributed by atoms with E-state index in [1.165, 1.54) is 4.90 Å². The van der Waals surface area contributed by atoms with E-state index in [0.29, 0.717) is 12.1 Å². The zero-order chi connectivity index (χ0) is 18.4. The molecule has 0 aliphatic carbocycles. The summed E-state index contributed by atoms with van der Waals surface area (Å²) in [7, 11) is 3.42. The summed E-state index contributed by atoms with van der Waals surface area (Å²) in [6, 6.07) is 13.1. The Bertz CT molecular complexity index is 749. The standard InChI is InChI=1S/C20H24N2O3/c1-14-7-5-8-15(2)19(14)25-13-18(23)21-12-16-9-6-10-17(11-16)20(24)22(3)4/h5-11H,12-13H2,1-4H3,(H,21,23). The average molecular weight is 340 g/mol. The van der Waals surface area contributed by atoms with Crippen LogP contribution in [0.4, 0.5) is 0 Å². The van der Waals surface area contributed by atoms with Gasteiger partial charge in [-0.15, -0.1) is 0 Å². The van der Waals surface area contributed by atoms with Gasteiger partial charge in [0, 0.05) is 26.2 Å². The van der Waals surface area contributed by atoms with Crippen molar-refractivity contribution in [2.75, 3.05) is 20.7 Å². The summed E-state index contributed by atoms with van der Waals surface area (Å²) in [4.78, 5) is 25.5. The van der Waals surface area contributed by atoms with E-state index < -0.39 is 0 Å². The Labute approximate surface area is 148 Å². The molecule has 2 rings (SSSR count). The fourth-order valence-electron chi connectivity index (χ4n) is 2.49. The summed E-state index contributed by atoms with van der Waals surface area (Å²) in [5.74, 6) is 0.481. The average Bonchev–Trinajstić information content (AvgIpc) is 2.59. The predicted molar refractivity (Wildman–Crippen MR) is 97.7 cm³/mol. The number of nitrogens with one attached hydrogen (secondary N) is 1. The van der Waals surface area contributed by atoms with Crippen LogP contribution in [0.25, 0.3) is 0 Å². The molecular formula is C20H24N2O3. The third kappa shape index (κ3) is 5.08. The number of hydrogen-bond donors (Lipinski definition) is 1. The summed E-state index contributed by atoms with van der Waals surface area (Å²) < 4.78 is 5.64. The number of carbonyl (C=O) groups excluding carboxylic acids is 2. The summed E-state index contributed by atoms with van der Waals surface area (Å²) in [5.41, 5.74) is 3.47. The van der Waals surface area contributed by atoms with Crippen LogP contribution in [0.5, 0.6) is 5.75 Å². The normalized spacial score (nSPS) is 10.2. The van der Waals surface area contributed by atoms with Crippen molar-refractivity contribution in [3.8, 4) is 5.75 Å². The van der Waals surface area contributed by atoms with Gasteiger partial charge in [0.1, 0.15) is 5.75 Å². The first-order valence-electron chi connectivity index (χ1n) is 8.15. The Balaban J connectivity index is 1.90. The smallest absolute Gasteiger partial charge is 0.258 e. The predicted octanol–water partition coefficient (Wildman–Crippen LogP) is 2.70. The molecule has 0 aliphatic rings. The van der Waals surface area contributed by atoms with Gasteiger partial charge in [-0.1, -0.05) is 30.3 Å². The largest absolute Gasteiger partial charge is 0.483 e. The first kappa shape index (κ1) is 18.5. The van der Waals surface area contributed by atoms with Crippen molar-refractivity contribution in [3.63, 3.8) is 0 Å². The lowest BCUT2D eigenvalue weighted by atomic mass is 10.1. The van der Waals surface area contributed by atoms with E-state index in [9.17, 15) is 9.59 Å². The third-order valence-electron chi connectivity index (χ3n) is 3.83. The number of hydrogen-bond acceptors (Lipinski definition) is 3. The molecular weight excluding hydrogens is 316 g/mol. The lowest BCUT2D eigenvalue weighted by Gasteiger charge is -2.13. The number of ether oxygens (including phenoxy) is 1. The molecule has 5 heteroatoms. The molecule has 0 unspecified atom stereocenters. The molecule has 25 heavy (non-hydrogen) atoms. The van der Waals surface area contributed by atoms with Crippen LogP contribution >= 0.6 is 0 Å². The second-order valence-corrected chi connectivity index (χ2v) is 6.19. The summed E-state index contributed by atoms with van der Waals surface area (Å²) in [6.07, 6.45) is 0. The topological polar surface area (TPSA) is 58.6 Å². The first-order valence-corrected chi connectivity index (χ1v) is 8.15. The lowest BCUT2D eigenvalue weighted by molar-refractivity contribution is -0.123. The van der Waals surface area contributed by atoms with Gasteiger partial charge in [0.2, 0.25) is 0 Å². The fraction of sp³-hybridized carbons (Fsp3) is 0.300. The molecule has 0 bridgehead atoms. The summed E-state index contributed by atoms with van der Waals surface area (Å²) in [6.45, 7) is 4.21. The Morgan fingerprint density at radius 2 is 1.68 bits per heavy atom. The summed E-state index contributed by atoms with van der Waals surface area (Å²) in [5, 5.41) is 2.81. The molecule has 0 aliphatic heterocycles. The maximum absolute atomic E-state index is 12.0. The molecule has 0 radical (unpaired) electrons. The fourth-order valence-corrected chi connectivity index (χ4v) is 2.49. The highest BCUT2D eigenvalue weighted by Gasteiger charge is 2.10. The molecule has 132 valence electrons. The van der Waals surface area contributed by atoms with Crippen LogP contribution in [0.3, 0.4) is 0 Å². The van der Waals surface area contributed by atoms with Crippen LogP contribution in [0.15, 0.2) is 42.5 Å². The van der Waals surface area contributed by atoms with Crippen molar-refractivity contribution in [1.82, 2.24) is 10.2 Å². The van der Waals surface area contributed by atoms with E-state index in [1.807, 2.05) is 44.2 Å². The highest BCUT2D eigenvalue weighted by molar-refractivity contribution is 5.94. The Kier molecular flexibility index (Phi) is 6.17. The van der Waals surface area contributed by atoms with Gasteiger partial charge < -0.3 is 15.0 Å². The van der Waals surface area contributed by atoms with Crippen LogP contribution < -0.4 is 10.1 Å². The molecule has 2 aromatic carbocycles. The second-order valence-electron chi connectivity index (χ2n) is 6.19. The van der Waals surface area contributed by atoms with Gasteiger partial charge in [0.25, 0.3) is 11.8 Å². The molecule has 2 aromatic rings. The van der Waals surface area contributed by atoms with Crippen LogP contribution in [-0.4, -0.2) is 37.4 Å². The van der Waals surface area contributed by atoms with Gasteiger partial charge in [-0.2, -0.15) is 0 Å². The quantitative estimate of drug-likeness (QED) is 0.879. The summed E-state index contributed by atoms with van der Waals surface area (Å²) >= 11 is 0. The minimum Gasteiger partial charge on any atom is -0.483 e. The Hall–Kier alpha value is -2.82. The SMILES string of the molecule is Cc1cccc(C)c1OCC(=O)NCc1cccc(C(=O)N(C)C)c1. The van der Waals surface area contributed by atoms with Gasteiger partial charge in [-0.25, -0.2) is 0 Å². The number of aryl methyl sites for hydroxylation is 2. The number of rotatable bonds is 6. The van der Waals surface area contributed by atoms with Crippen molar-refractivity contribution < 1.29 is 14.3 Å². The van der Waals surface area contributed by atoms with Crippen molar-refractivity contribution in [2.24, 2.45) is 0 Å². The van der Waals surface area contributed by atoms with E-state index in [4.69, 9.17) is 4.74 Å². The van der Waals surface area contributed by atoms with Crippen LogP contribution in [0.2, 0.25) is 0 Å². The molecule has 0 fully saturated rings. The first-order chi connectivity index (χ1) is 11.9. The maximum atomic E-state index is 12.0. The molecule has 0 saturated carbocycles. The molecule has 2 amide bonds. The van der Waals surface area contributed by atoms with Gasteiger partial charge in [0.15, 0.2) is 6.61 Å². The lowest BCUT2D eigenvalue weighted by Crippen LogP contribution is -2.29. The van der Waals surface area contributed by atoms with Crippen molar-refractivity contribution in [1.29, 1.82) is 0 Å². The Morgan fingerprint density at radius 3 is 2.32 bits per heavy atom. The van der Waals surface area contributed by atoms with E-state index in [1.54, 1.807) is 26.2 Å². The van der Waals surface area contributed by atoms with E-state index in [0.717, 1.165) is 22.4 Å². The molecule has 0 spiro atoms. The van der Waals surface area contributed by atoms with E-state index in [2.05, 4.69) is 5.32 Å². The molecule has 1 N–H and O–H groups in total. The van der Waals surface area contributed by atoms with Crippen LogP contribution in [0.1, 0.15) is 27.0 Å². The van der Waals surface area contributed by atoms with Gasteiger partial charge in [0.05, 0.1) is 0 Å². The van der Waals surface area contributed by atoms with Crippen LogP contribution in [-0.2, 0) is 11.3 Å². The minimum atomic E-state index is -0.202. The maximum Gasteiger partial charge on any atom is 0.258 e. The number of nitrogens with zero attached hydrogens (tertiary/aromatic N) is 1. The molecule has 0 aromatic heterocycles. The van der Waals surface area contributed by atoms with Crippen molar-refractivity contribution >= 4 is 11.8 Å².